The summed E-state index contributed by atoms with van der Waals surface area (Å²) in [6, 6.07) is 15.9. The van der Waals surface area contributed by atoms with Crippen LogP contribution in [-0.4, -0.2) is 35.7 Å². The van der Waals surface area contributed by atoms with Crippen LogP contribution in [0.5, 0.6) is 0 Å². The zero-order valence-corrected chi connectivity index (χ0v) is 14.3. The van der Waals surface area contributed by atoms with Gasteiger partial charge in [-0.25, -0.2) is 4.79 Å². The number of carboxylic acid groups (broad SMARTS) is 1. The lowest BCUT2D eigenvalue weighted by atomic mass is 9.79. The largest absolute Gasteiger partial charge is 0.478 e. The maximum Gasteiger partial charge on any atom is 0.335 e. The second-order valence-corrected chi connectivity index (χ2v) is 7.03. The van der Waals surface area contributed by atoms with E-state index >= 15 is 0 Å². The Morgan fingerprint density at radius 3 is 2.72 bits per heavy atom. The summed E-state index contributed by atoms with van der Waals surface area (Å²) < 4.78 is 6.28. The topological polar surface area (TPSA) is 49.8 Å². The van der Waals surface area contributed by atoms with Crippen LogP contribution in [-0.2, 0) is 23.3 Å². The zero-order chi connectivity index (χ0) is 17.3. The van der Waals surface area contributed by atoms with Crippen molar-refractivity contribution in [2.24, 2.45) is 0 Å². The van der Waals surface area contributed by atoms with Gasteiger partial charge in [-0.05, 0) is 48.1 Å². The summed E-state index contributed by atoms with van der Waals surface area (Å²) in [6.07, 6.45) is 2.98. The zero-order valence-electron chi connectivity index (χ0n) is 14.3. The number of fused-ring (bicyclic) bond motifs is 2. The van der Waals surface area contributed by atoms with Crippen molar-refractivity contribution in [1.82, 2.24) is 4.90 Å². The molecule has 4 nitrogen and oxygen atoms in total. The van der Waals surface area contributed by atoms with Gasteiger partial charge in [0.1, 0.15) is 0 Å². The van der Waals surface area contributed by atoms with Crippen LogP contribution in [0.1, 0.15) is 39.9 Å². The summed E-state index contributed by atoms with van der Waals surface area (Å²) in [7, 11) is 0. The van der Waals surface area contributed by atoms with Gasteiger partial charge in [0, 0.05) is 19.6 Å². The van der Waals surface area contributed by atoms with Gasteiger partial charge in [0.05, 0.1) is 17.8 Å². The first kappa shape index (κ1) is 16.3. The highest BCUT2D eigenvalue weighted by atomic mass is 16.5. The molecule has 130 valence electrons. The van der Waals surface area contributed by atoms with Crippen LogP contribution in [0, 0.1) is 0 Å². The van der Waals surface area contributed by atoms with Crippen molar-refractivity contribution in [1.29, 1.82) is 0 Å². The number of carboxylic acids is 1. The van der Waals surface area contributed by atoms with Crippen molar-refractivity contribution in [3.05, 3.63) is 70.8 Å². The Bertz CT molecular complexity index is 778. The highest BCUT2D eigenvalue weighted by molar-refractivity contribution is 5.87. The van der Waals surface area contributed by atoms with Crippen LogP contribution in [0.2, 0.25) is 0 Å². The van der Waals surface area contributed by atoms with E-state index in [2.05, 4.69) is 29.2 Å². The van der Waals surface area contributed by atoms with Crippen molar-refractivity contribution in [2.45, 2.75) is 31.4 Å². The molecule has 0 bridgehead atoms. The molecule has 2 aliphatic rings. The summed E-state index contributed by atoms with van der Waals surface area (Å²) in [4.78, 5) is 13.5. The highest BCUT2D eigenvalue weighted by Gasteiger charge is 2.40. The van der Waals surface area contributed by atoms with Gasteiger partial charge >= 0.3 is 5.97 Å². The molecule has 4 rings (SSSR count). The molecule has 0 amide bonds. The number of likely N-dealkylation sites (tertiary alicyclic amines) is 1. The average Bonchev–Trinajstić information content (AvgIpc) is 2.64. The van der Waals surface area contributed by atoms with E-state index in [4.69, 9.17) is 9.84 Å². The van der Waals surface area contributed by atoms with Gasteiger partial charge in [0.15, 0.2) is 0 Å². The molecule has 25 heavy (non-hydrogen) atoms. The quantitative estimate of drug-likeness (QED) is 0.932. The predicted molar refractivity (Wildman–Crippen MR) is 95.7 cm³/mol. The monoisotopic (exact) mass is 337 g/mol. The number of ether oxygens (including phenoxy) is 1. The van der Waals surface area contributed by atoms with Gasteiger partial charge in [-0.3, -0.25) is 4.90 Å². The molecule has 2 aromatic rings. The molecular formula is C21H23NO3. The van der Waals surface area contributed by atoms with E-state index in [1.165, 1.54) is 11.1 Å². The Labute approximate surface area is 148 Å². The smallest absolute Gasteiger partial charge is 0.335 e. The van der Waals surface area contributed by atoms with Crippen LogP contribution in [0.15, 0.2) is 48.5 Å². The summed E-state index contributed by atoms with van der Waals surface area (Å²) in [5.74, 6) is -0.869. The van der Waals surface area contributed by atoms with E-state index in [1.54, 1.807) is 12.1 Å². The number of rotatable bonds is 3. The van der Waals surface area contributed by atoms with E-state index in [-0.39, 0.29) is 5.60 Å². The lowest BCUT2D eigenvalue weighted by Crippen LogP contribution is -2.46. The third kappa shape index (κ3) is 3.20. The first-order chi connectivity index (χ1) is 12.2. The maximum absolute atomic E-state index is 11.1. The number of piperidine rings is 1. The van der Waals surface area contributed by atoms with E-state index < -0.39 is 5.97 Å². The third-order valence-electron chi connectivity index (χ3n) is 5.50. The lowest BCUT2D eigenvalue weighted by molar-refractivity contribution is -0.0989. The normalized spacial score (nSPS) is 19.5. The van der Waals surface area contributed by atoms with Crippen molar-refractivity contribution in [2.75, 3.05) is 19.7 Å². The second-order valence-electron chi connectivity index (χ2n) is 7.03. The van der Waals surface area contributed by atoms with Crippen molar-refractivity contribution < 1.29 is 14.6 Å². The Balaban J connectivity index is 1.46. The molecule has 0 radical (unpaired) electrons. The number of aromatic carboxylic acids is 1. The standard InChI is InChI=1S/C21H23NO3/c23-20(24)18-6-3-4-16(14-18)15-22-11-9-21(10-12-22)19-7-2-1-5-17(19)8-13-25-21/h1-7,14H,8-13,15H2,(H,23,24). The van der Waals surface area contributed by atoms with Gasteiger partial charge in [0.2, 0.25) is 0 Å². The first-order valence-electron chi connectivity index (χ1n) is 8.93. The fourth-order valence-corrected chi connectivity index (χ4v) is 4.16. The summed E-state index contributed by atoms with van der Waals surface area (Å²) >= 11 is 0. The maximum atomic E-state index is 11.1. The molecule has 0 saturated carbocycles. The highest BCUT2D eigenvalue weighted by Crippen LogP contribution is 2.41. The Morgan fingerprint density at radius 2 is 1.92 bits per heavy atom. The molecule has 1 saturated heterocycles. The fraction of sp³-hybridized carbons (Fsp3) is 0.381. The molecule has 2 aromatic carbocycles. The molecule has 0 atom stereocenters. The predicted octanol–water partition coefficient (Wildman–Crippen LogP) is 3.45. The van der Waals surface area contributed by atoms with Crippen molar-refractivity contribution >= 4 is 5.97 Å². The second kappa shape index (κ2) is 6.62. The van der Waals surface area contributed by atoms with Crippen LogP contribution in [0.3, 0.4) is 0 Å². The van der Waals surface area contributed by atoms with Crippen LogP contribution >= 0.6 is 0 Å². The summed E-state index contributed by atoms with van der Waals surface area (Å²) in [5, 5.41) is 9.14. The number of hydrogen-bond acceptors (Lipinski definition) is 3. The van der Waals surface area contributed by atoms with Crippen LogP contribution in [0.4, 0.5) is 0 Å². The van der Waals surface area contributed by atoms with Gasteiger partial charge in [-0.1, -0.05) is 36.4 Å². The Morgan fingerprint density at radius 1 is 1.12 bits per heavy atom. The Kier molecular flexibility index (Phi) is 4.32. The molecule has 0 aromatic heterocycles. The molecular weight excluding hydrogens is 314 g/mol. The van der Waals surface area contributed by atoms with E-state index in [9.17, 15) is 4.79 Å². The van der Waals surface area contributed by atoms with Gasteiger partial charge in [-0.15, -0.1) is 0 Å². The molecule has 1 N–H and O–H groups in total. The molecule has 0 unspecified atom stereocenters. The number of hydrogen-bond donors (Lipinski definition) is 1. The minimum Gasteiger partial charge on any atom is -0.478 e. The van der Waals surface area contributed by atoms with E-state index in [0.717, 1.165) is 51.1 Å². The number of carbonyl (C=O) groups is 1. The first-order valence-corrected chi connectivity index (χ1v) is 8.93. The van der Waals surface area contributed by atoms with Crippen LogP contribution in [0.25, 0.3) is 0 Å². The third-order valence-corrected chi connectivity index (χ3v) is 5.50. The number of nitrogens with zero attached hydrogens (tertiary/aromatic N) is 1. The average molecular weight is 337 g/mol. The van der Waals surface area contributed by atoms with Gasteiger partial charge in [0.25, 0.3) is 0 Å². The summed E-state index contributed by atoms with van der Waals surface area (Å²) in [6.45, 7) is 3.52. The van der Waals surface area contributed by atoms with E-state index in [0.29, 0.717) is 5.56 Å². The molecule has 1 fully saturated rings. The lowest BCUT2D eigenvalue weighted by Gasteiger charge is -2.45. The van der Waals surface area contributed by atoms with Crippen molar-refractivity contribution in [3.8, 4) is 0 Å². The van der Waals surface area contributed by atoms with Crippen molar-refractivity contribution in [3.63, 3.8) is 0 Å². The Hall–Kier alpha value is -2.17. The molecule has 0 aliphatic carbocycles. The minimum atomic E-state index is -0.869. The molecule has 4 heteroatoms. The van der Waals surface area contributed by atoms with Crippen LogP contribution < -0.4 is 0 Å². The summed E-state index contributed by atoms with van der Waals surface area (Å²) in [5.41, 5.74) is 4.08. The van der Waals surface area contributed by atoms with Gasteiger partial charge in [-0.2, -0.15) is 0 Å². The van der Waals surface area contributed by atoms with E-state index in [1.807, 2.05) is 12.1 Å². The molecule has 2 heterocycles. The molecule has 2 aliphatic heterocycles. The van der Waals surface area contributed by atoms with Gasteiger partial charge < -0.3 is 9.84 Å². The number of benzene rings is 2. The fourth-order valence-electron chi connectivity index (χ4n) is 4.16. The minimum absolute atomic E-state index is 0.131. The molecule has 1 spiro atoms. The SMILES string of the molecule is O=C(O)c1cccc(CN2CCC3(CC2)OCCc2ccccc23)c1.